The van der Waals surface area contributed by atoms with Crippen LogP contribution in [0.5, 0.6) is 0 Å². The maximum Gasteiger partial charge on any atom is 0.252 e. The zero-order valence-corrected chi connectivity index (χ0v) is 11.0. The molecule has 1 aromatic rings. The van der Waals surface area contributed by atoms with Gasteiger partial charge in [-0.05, 0) is 38.0 Å². The monoisotopic (exact) mass is 251 g/mol. The number of aryl methyl sites for hydroxylation is 1. The van der Waals surface area contributed by atoms with Gasteiger partial charge in [0.25, 0.3) is 5.91 Å². The summed E-state index contributed by atoms with van der Waals surface area (Å²) in [7, 11) is 0. The zero-order chi connectivity index (χ0) is 12.5. The number of ether oxygens (including phenoxy) is 1. The van der Waals surface area contributed by atoms with Gasteiger partial charge in [-0.2, -0.15) is 0 Å². The Labute approximate surface area is 107 Å². The number of hydrogen-bond donors (Lipinski definition) is 2. The van der Waals surface area contributed by atoms with Crippen LogP contribution in [-0.4, -0.2) is 24.7 Å². The number of amides is 1. The molecular weight excluding hydrogens is 234 g/mol. The molecule has 2 rings (SSSR count). The van der Waals surface area contributed by atoms with Gasteiger partial charge in [0.2, 0.25) is 0 Å². The van der Waals surface area contributed by atoms with Crippen LogP contribution in [0.2, 0.25) is 0 Å². The Bertz CT molecular complexity index is 439. The molecule has 0 bridgehead atoms. The van der Waals surface area contributed by atoms with Gasteiger partial charge in [-0.3, -0.25) is 4.79 Å². The van der Waals surface area contributed by atoms with Crippen molar-refractivity contribution < 1.29 is 9.53 Å². The molecule has 1 saturated heterocycles. The summed E-state index contributed by atoms with van der Waals surface area (Å²) in [5, 5.41) is 3.04. The molecule has 1 atom stereocenters. The van der Waals surface area contributed by atoms with E-state index in [9.17, 15) is 4.79 Å². The van der Waals surface area contributed by atoms with E-state index in [1.54, 1.807) is 6.07 Å². The predicted molar refractivity (Wildman–Crippen MR) is 69.7 cm³/mol. The summed E-state index contributed by atoms with van der Waals surface area (Å²) in [5.74, 6) is -0.0496. The van der Waals surface area contributed by atoms with E-state index in [-0.39, 0.29) is 11.4 Å². The van der Waals surface area contributed by atoms with Gasteiger partial charge >= 0.3 is 0 Å². The van der Waals surface area contributed by atoms with Crippen molar-refractivity contribution in [3.8, 4) is 0 Å². The molecular formula is C13H17NO2S. The Kier molecular flexibility index (Phi) is 3.45. The number of rotatable bonds is 2. The van der Waals surface area contributed by atoms with Crippen molar-refractivity contribution in [2.75, 3.05) is 13.2 Å². The molecule has 0 saturated carbocycles. The molecule has 0 spiro atoms. The molecule has 92 valence electrons. The van der Waals surface area contributed by atoms with E-state index < -0.39 is 0 Å². The average Bonchev–Trinajstić information content (AvgIpc) is 2.68. The van der Waals surface area contributed by atoms with Crippen LogP contribution in [0.25, 0.3) is 0 Å². The molecule has 1 N–H and O–H groups in total. The Morgan fingerprint density at radius 3 is 2.94 bits per heavy atom. The third-order valence-corrected chi connectivity index (χ3v) is 3.38. The maximum atomic E-state index is 12.2. The fourth-order valence-corrected chi connectivity index (χ4v) is 2.17. The van der Waals surface area contributed by atoms with E-state index in [0.717, 1.165) is 16.9 Å². The zero-order valence-electron chi connectivity index (χ0n) is 10.1. The second-order valence-electron chi connectivity index (χ2n) is 4.82. The van der Waals surface area contributed by atoms with Gasteiger partial charge < -0.3 is 10.1 Å². The van der Waals surface area contributed by atoms with E-state index in [1.165, 1.54) is 0 Å². The Balaban J connectivity index is 2.17. The number of thiol groups is 1. The largest absolute Gasteiger partial charge is 0.379 e. The predicted octanol–water partition coefficient (Wildman–Crippen LogP) is 2.19. The average molecular weight is 251 g/mol. The molecule has 1 unspecified atom stereocenters. The maximum absolute atomic E-state index is 12.2. The SMILES string of the molecule is Cc1ccc(S)cc1C(=O)NC1(C)CCOC1. The number of benzene rings is 1. The fraction of sp³-hybridized carbons (Fsp3) is 0.462. The van der Waals surface area contributed by atoms with Crippen LogP contribution in [-0.2, 0) is 4.74 Å². The summed E-state index contributed by atoms with van der Waals surface area (Å²) in [6.45, 7) is 5.23. The molecule has 0 aromatic heterocycles. The second kappa shape index (κ2) is 4.70. The molecule has 0 radical (unpaired) electrons. The number of carbonyl (C=O) groups excluding carboxylic acids is 1. The van der Waals surface area contributed by atoms with E-state index in [1.807, 2.05) is 26.0 Å². The van der Waals surface area contributed by atoms with Crippen molar-refractivity contribution in [2.24, 2.45) is 0 Å². The van der Waals surface area contributed by atoms with Gasteiger partial charge in [-0.25, -0.2) is 0 Å². The Morgan fingerprint density at radius 2 is 2.29 bits per heavy atom. The quantitative estimate of drug-likeness (QED) is 0.791. The molecule has 3 nitrogen and oxygen atoms in total. The topological polar surface area (TPSA) is 38.3 Å². The number of carbonyl (C=O) groups is 1. The summed E-state index contributed by atoms with van der Waals surface area (Å²) < 4.78 is 5.32. The molecule has 1 heterocycles. The summed E-state index contributed by atoms with van der Waals surface area (Å²) in [4.78, 5) is 13.0. The minimum atomic E-state index is -0.240. The summed E-state index contributed by atoms with van der Waals surface area (Å²) in [6, 6.07) is 5.59. The minimum Gasteiger partial charge on any atom is -0.379 e. The molecule has 0 aliphatic carbocycles. The van der Waals surface area contributed by atoms with E-state index in [4.69, 9.17) is 4.74 Å². The fourth-order valence-electron chi connectivity index (χ4n) is 1.96. The van der Waals surface area contributed by atoms with Crippen molar-refractivity contribution in [3.63, 3.8) is 0 Å². The Hall–Kier alpha value is -1.00. The first-order chi connectivity index (χ1) is 8.00. The van der Waals surface area contributed by atoms with Crippen LogP contribution in [0, 0.1) is 6.92 Å². The summed E-state index contributed by atoms with van der Waals surface area (Å²) in [5.41, 5.74) is 1.41. The van der Waals surface area contributed by atoms with Crippen molar-refractivity contribution in [1.29, 1.82) is 0 Å². The van der Waals surface area contributed by atoms with Gasteiger partial charge in [-0.1, -0.05) is 6.07 Å². The van der Waals surface area contributed by atoms with Gasteiger partial charge in [0.15, 0.2) is 0 Å². The van der Waals surface area contributed by atoms with Crippen LogP contribution in [0.15, 0.2) is 23.1 Å². The van der Waals surface area contributed by atoms with Gasteiger partial charge in [0.05, 0.1) is 12.1 Å². The number of nitrogens with one attached hydrogen (secondary N) is 1. The summed E-state index contributed by atoms with van der Waals surface area (Å²) in [6.07, 6.45) is 0.859. The first-order valence-corrected chi connectivity index (χ1v) is 6.15. The van der Waals surface area contributed by atoms with E-state index >= 15 is 0 Å². The van der Waals surface area contributed by atoms with Crippen molar-refractivity contribution in [1.82, 2.24) is 5.32 Å². The van der Waals surface area contributed by atoms with Crippen LogP contribution in [0.4, 0.5) is 0 Å². The molecule has 17 heavy (non-hydrogen) atoms. The lowest BCUT2D eigenvalue weighted by atomic mass is 10.00. The summed E-state index contributed by atoms with van der Waals surface area (Å²) >= 11 is 4.26. The first-order valence-electron chi connectivity index (χ1n) is 5.70. The molecule has 1 aliphatic heterocycles. The second-order valence-corrected chi connectivity index (χ2v) is 5.33. The molecule has 1 amide bonds. The van der Waals surface area contributed by atoms with Crippen LogP contribution in [0.3, 0.4) is 0 Å². The van der Waals surface area contributed by atoms with Crippen LogP contribution in [0.1, 0.15) is 29.3 Å². The van der Waals surface area contributed by atoms with Gasteiger partial charge in [0, 0.05) is 17.1 Å². The van der Waals surface area contributed by atoms with Crippen molar-refractivity contribution in [3.05, 3.63) is 29.3 Å². The highest BCUT2D eigenvalue weighted by Crippen LogP contribution is 2.20. The first kappa shape index (κ1) is 12.5. The highest BCUT2D eigenvalue weighted by atomic mass is 32.1. The van der Waals surface area contributed by atoms with Gasteiger partial charge in [-0.15, -0.1) is 12.6 Å². The third kappa shape index (κ3) is 2.82. The van der Waals surface area contributed by atoms with Crippen molar-refractivity contribution >= 4 is 18.5 Å². The molecule has 1 fully saturated rings. The van der Waals surface area contributed by atoms with E-state index in [2.05, 4.69) is 17.9 Å². The molecule has 1 aliphatic rings. The lowest BCUT2D eigenvalue weighted by Crippen LogP contribution is -2.46. The Morgan fingerprint density at radius 1 is 1.53 bits per heavy atom. The molecule has 1 aromatic carbocycles. The normalized spacial score (nSPS) is 23.7. The van der Waals surface area contributed by atoms with Crippen molar-refractivity contribution in [2.45, 2.75) is 30.7 Å². The standard InChI is InChI=1S/C13H17NO2S/c1-9-3-4-10(17)7-11(9)12(15)14-13(2)5-6-16-8-13/h3-4,7,17H,5-6,8H2,1-2H3,(H,14,15). The minimum absolute atomic E-state index is 0.0496. The number of hydrogen-bond acceptors (Lipinski definition) is 3. The highest BCUT2D eigenvalue weighted by molar-refractivity contribution is 7.80. The van der Waals surface area contributed by atoms with Crippen LogP contribution >= 0.6 is 12.6 Å². The van der Waals surface area contributed by atoms with Gasteiger partial charge in [0.1, 0.15) is 0 Å². The lowest BCUT2D eigenvalue weighted by Gasteiger charge is -2.24. The lowest BCUT2D eigenvalue weighted by molar-refractivity contribution is 0.0889. The van der Waals surface area contributed by atoms with E-state index in [0.29, 0.717) is 18.8 Å². The third-order valence-electron chi connectivity index (χ3n) is 3.10. The molecule has 4 heteroatoms. The van der Waals surface area contributed by atoms with Crippen LogP contribution < -0.4 is 5.32 Å². The highest BCUT2D eigenvalue weighted by Gasteiger charge is 2.31. The smallest absolute Gasteiger partial charge is 0.252 e.